The van der Waals surface area contributed by atoms with Gasteiger partial charge in [0, 0.05) is 38.5 Å². The molecule has 7 nitrogen and oxygen atoms in total. The molecule has 40 heavy (non-hydrogen) atoms. The molecule has 0 bridgehead atoms. The first-order valence-corrected chi connectivity index (χ1v) is 12.4. The molecule has 2 heterocycles. The number of benzene rings is 2. The number of H-pyrrole nitrogens is 1. The minimum atomic E-state index is -4.52. The van der Waals surface area contributed by atoms with Crippen molar-refractivity contribution in [2.75, 3.05) is 26.7 Å². The molecule has 0 aliphatic rings. The molecule has 11 heteroatoms. The number of aromatic nitrogens is 3. The monoisotopic (exact) mass is 553 g/mol. The van der Waals surface area contributed by atoms with Gasteiger partial charge < -0.3 is 15.4 Å². The summed E-state index contributed by atoms with van der Waals surface area (Å²) in [6, 6.07) is 16.4. The van der Waals surface area contributed by atoms with Gasteiger partial charge in [0.2, 0.25) is 17.7 Å². The first kappa shape index (κ1) is 28.5. The Labute approximate surface area is 228 Å². The van der Waals surface area contributed by atoms with Crippen LogP contribution in [0, 0.1) is 5.95 Å². The number of carbonyl (C=O) groups excluding carboxylic acids is 1. The Morgan fingerprint density at radius 1 is 1.05 bits per heavy atom. The van der Waals surface area contributed by atoms with Crippen LogP contribution >= 0.6 is 0 Å². The third-order valence-corrected chi connectivity index (χ3v) is 5.94. The molecule has 4 rings (SSSR count). The summed E-state index contributed by atoms with van der Waals surface area (Å²) in [6.45, 7) is 1.19. The molecular formula is C29H27F4N5O2. The molecule has 2 aromatic carbocycles. The number of nitrogens with zero attached hydrogens (tertiary/aromatic N) is 2. The van der Waals surface area contributed by atoms with Crippen LogP contribution in [0.3, 0.4) is 0 Å². The van der Waals surface area contributed by atoms with Crippen molar-refractivity contribution in [2.24, 2.45) is 0 Å². The lowest BCUT2D eigenvalue weighted by Crippen LogP contribution is -2.22. The normalized spacial score (nSPS) is 12.5. The number of hydrogen-bond acceptors (Lipinski definition) is 5. The van der Waals surface area contributed by atoms with Gasteiger partial charge in [-0.15, -0.1) is 5.10 Å². The summed E-state index contributed by atoms with van der Waals surface area (Å²) >= 11 is 0. The van der Waals surface area contributed by atoms with Crippen LogP contribution in [-0.2, 0) is 4.79 Å². The highest BCUT2D eigenvalue weighted by Crippen LogP contribution is 2.40. The molecule has 3 N–H and O–H groups in total. The van der Waals surface area contributed by atoms with E-state index in [0.29, 0.717) is 35.3 Å². The van der Waals surface area contributed by atoms with E-state index in [2.05, 4.69) is 25.8 Å². The number of ether oxygens (including phenoxy) is 1. The smallest absolute Gasteiger partial charge is 0.393 e. The number of pyridine rings is 1. The van der Waals surface area contributed by atoms with Crippen molar-refractivity contribution in [1.29, 1.82) is 0 Å². The van der Waals surface area contributed by atoms with Gasteiger partial charge in [-0.05, 0) is 46.0 Å². The summed E-state index contributed by atoms with van der Waals surface area (Å²) in [7, 11) is 1.54. The van der Waals surface area contributed by atoms with Crippen molar-refractivity contribution in [3.05, 3.63) is 102 Å². The van der Waals surface area contributed by atoms with Gasteiger partial charge in [0.25, 0.3) is 0 Å². The minimum Gasteiger partial charge on any atom is -0.476 e. The topological polar surface area (TPSA) is 91.9 Å². The number of fused-ring (bicyclic) bond motifs is 1. The molecular weight excluding hydrogens is 526 g/mol. The van der Waals surface area contributed by atoms with Gasteiger partial charge >= 0.3 is 6.18 Å². The molecule has 1 amide bonds. The van der Waals surface area contributed by atoms with Crippen LogP contribution in [0.1, 0.15) is 23.1 Å². The predicted octanol–water partition coefficient (Wildman–Crippen LogP) is 5.28. The molecule has 0 radical (unpaired) electrons. The highest BCUT2D eigenvalue weighted by molar-refractivity contribution is 6.00. The Bertz CT molecular complexity index is 1500. The van der Waals surface area contributed by atoms with E-state index < -0.39 is 18.5 Å². The van der Waals surface area contributed by atoms with E-state index in [-0.39, 0.29) is 34.9 Å². The third kappa shape index (κ3) is 7.54. The second-order valence-electron chi connectivity index (χ2n) is 8.74. The standard InChI is InChI=1S/C29H27F4N5O2/c1-34-25(39)8-5-13-35-14-15-40-26-12-10-21(18-36-26)23(17-29(31,32)33)27(19-6-3-2-4-7-19)20-9-11-24-22(16-20)28(30)38-37-24/h2-12,16,18,35H,13-15,17H2,1H3,(H,34,39)(H,37,38)/b8-5+,27-23+. The number of rotatable bonds is 11. The molecule has 0 aliphatic heterocycles. The third-order valence-electron chi connectivity index (χ3n) is 5.94. The quantitative estimate of drug-likeness (QED) is 0.134. The number of allylic oxidation sites excluding steroid dienone is 1. The average Bonchev–Trinajstić information content (AvgIpc) is 3.32. The van der Waals surface area contributed by atoms with Crippen molar-refractivity contribution in [3.63, 3.8) is 0 Å². The van der Waals surface area contributed by atoms with E-state index in [9.17, 15) is 22.4 Å². The van der Waals surface area contributed by atoms with Crippen molar-refractivity contribution >= 4 is 28.0 Å². The summed E-state index contributed by atoms with van der Waals surface area (Å²) in [4.78, 5) is 15.4. The number of likely N-dealkylation sites (N-methyl/N-ethyl adjacent to an activating group) is 1. The second-order valence-corrected chi connectivity index (χ2v) is 8.74. The first-order valence-electron chi connectivity index (χ1n) is 12.4. The fourth-order valence-corrected chi connectivity index (χ4v) is 4.10. The largest absolute Gasteiger partial charge is 0.476 e. The Morgan fingerprint density at radius 3 is 2.52 bits per heavy atom. The Hall–Kier alpha value is -4.51. The van der Waals surface area contributed by atoms with Crippen LogP contribution < -0.4 is 15.4 Å². The van der Waals surface area contributed by atoms with E-state index >= 15 is 0 Å². The van der Waals surface area contributed by atoms with Crippen molar-refractivity contribution in [1.82, 2.24) is 25.8 Å². The minimum absolute atomic E-state index is 0.00873. The maximum atomic E-state index is 14.3. The van der Waals surface area contributed by atoms with Crippen molar-refractivity contribution in [3.8, 4) is 5.88 Å². The number of alkyl halides is 3. The molecule has 0 saturated heterocycles. The summed E-state index contributed by atoms with van der Waals surface area (Å²) in [5, 5.41) is 11.9. The zero-order valence-electron chi connectivity index (χ0n) is 21.6. The fourth-order valence-electron chi connectivity index (χ4n) is 4.10. The van der Waals surface area contributed by atoms with Gasteiger partial charge in [-0.1, -0.05) is 42.5 Å². The summed E-state index contributed by atoms with van der Waals surface area (Å²) in [5.41, 5.74) is 1.95. The van der Waals surface area contributed by atoms with Gasteiger partial charge in [-0.3, -0.25) is 9.89 Å². The molecule has 0 spiro atoms. The zero-order valence-corrected chi connectivity index (χ0v) is 21.6. The maximum Gasteiger partial charge on any atom is 0.393 e. The van der Waals surface area contributed by atoms with Crippen LogP contribution in [-0.4, -0.2) is 54.0 Å². The first-order chi connectivity index (χ1) is 19.2. The average molecular weight is 554 g/mol. The van der Waals surface area contributed by atoms with Crippen LogP contribution in [0.4, 0.5) is 17.6 Å². The van der Waals surface area contributed by atoms with E-state index in [4.69, 9.17) is 4.74 Å². The fraction of sp³-hybridized carbons (Fsp3) is 0.207. The molecule has 208 valence electrons. The highest BCUT2D eigenvalue weighted by Gasteiger charge is 2.32. The zero-order chi connectivity index (χ0) is 28.5. The van der Waals surface area contributed by atoms with Crippen LogP contribution in [0.15, 0.2) is 79.0 Å². The van der Waals surface area contributed by atoms with E-state index in [0.717, 1.165) is 0 Å². The summed E-state index contributed by atoms with van der Waals surface area (Å²) < 4.78 is 61.6. The van der Waals surface area contributed by atoms with Crippen molar-refractivity contribution in [2.45, 2.75) is 12.6 Å². The summed E-state index contributed by atoms with van der Waals surface area (Å²) in [6.07, 6.45) is -1.32. The molecule has 2 aromatic heterocycles. The lowest BCUT2D eigenvalue weighted by Gasteiger charge is -2.19. The van der Waals surface area contributed by atoms with Crippen LogP contribution in [0.25, 0.3) is 22.0 Å². The molecule has 0 fully saturated rings. The highest BCUT2D eigenvalue weighted by atomic mass is 19.4. The Balaban J connectivity index is 1.63. The number of hydrogen-bond donors (Lipinski definition) is 3. The van der Waals surface area contributed by atoms with Gasteiger partial charge in [0.05, 0.1) is 17.3 Å². The number of nitrogens with one attached hydrogen (secondary N) is 3. The van der Waals surface area contributed by atoms with Gasteiger partial charge in [-0.2, -0.15) is 17.6 Å². The molecule has 0 aliphatic carbocycles. The lowest BCUT2D eigenvalue weighted by molar-refractivity contribution is -0.123. The molecule has 0 saturated carbocycles. The van der Waals surface area contributed by atoms with Crippen LogP contribution in [0.5, 0.6) is 5.88 Å². The second kappa shape index (κ2) is 13.0. The maximum absolute atomic E-state index is 14.3. The van der Waals surface area contributed by atoms with Gasteiger partial charge in [0.1, 0.15) is 6.61 Å². The van der Waals surface area contributed by atoms with Gasteiger partial charge in [-0.25, -0.2) is 4.98 Å². The van der Waals surface area contributed by atoms with Gasteiger partial charge in [0.15, 0.2) is 0 Å². The molecule has 0 unspecified atom stereocenters. The SMILES string of the molecule is CNC(=O)/C=C/CNCCOc1ccc(/C(CC(F)(F)F)=C(\c2ccccc2)c2ccc3[nH]nc(F)c3c2)cn1. The Kier molecular flexibility index (Phi) is 9.28. The Morgan fingerprint density at radius 2 is 1.82 bits per heavy atom. The number of aromatic amines is 1. The van der Waals surface area contributed by atoms with E-state index in [1.54, 1.807) is 48.5 Å². The lowest BCUT2D eigenvalue weighted by atomic mass is 9.88. The van der Waals surface area contributed by atoms with Crippen molar-refractivity contribution < 1.29 is 27.1 Å². The molecule has 0 atom stereocenters. The number of carbonyl (C=O) groups is 1. The van der Waals surface area contributed by atoms with Crippen LogP contribution in [0.2, 0.25) is 0 Å². The predicted molar refractivity (Wildman–Crippen MR) is 145 cm³/mol. The molecule has 4 aromatic rings. The van der Waals surface area contributed by atoms with E-state index in [1.807, 2.05) is 0 Å². The van der Waals surface area contributed by atoms with E-state index in [1.165, 1.54) is 37.5 Å². The number of amides is 1. The number of halogens is 4. The summed E-state index contributed by atoms with van der Waals surface area (Å²) in [5.74, 6) is -0.686.